The van der Waals surface area contributed by atoms with Crippen molar-refractivity contribution < 1.29 is 69.0 Å². The van der Waals surface area contributed by atoms with Crippen molar-refractivity contribution in [1.29, 1.82) is 0 Å². The third-order valence-electron chi connectivity index (χ3n) is 12.6. The van der Waals surface area contributed by atoms with Gasteiger partial charge in [0.25, 0.3) is 0 Å². The van der Waals surface area contributed by atoms with Gasteiger partial charge in [-0.3, -0.25) is 4.79 Å². The Morgan fingerprint density at radius 3 is 1.43 bits per heavy atom. The number of esters is 1. The first-order valence-electron chi connectivity index (χ1n) is 27.7. The molecule has 2 rings (SSSR count). The van der Waals surface area contributed by atoms with Crippen molar-refractivity contribution in [1.82, 2.24) is 0 Å². The fourth-order valence-corrected chi connectivity index (χ4v) is 8.16. The molecule has 11 unspecified atom stereocenters. The monoisotopic (exact) mass is 1020 g/mol. The second-order valence-electron chi connectivity index (χ2n) is 19.0. The summed E-state index contributed by atoms with van der Waals surface area (Å²) in [6.07, 6.45) is 40.7. The lowest BCUT2D eigenvalue weighted by molar-refractivity contribution is -0.332. The van der Waals surface area contributed by atoms with Gasteiger partial charge in [0.2, 0.25) is 0 Å². The third-order valence-corrected chi connectivity index (χ3v) is 12.6. The number of carbonyl (C=O) groups excluding carboxylic acids is 1. The van der Waals surface area contributed by atoms with Gasteiger partial charge < -0.3 is 64.2 Å². The van der Waals surface area contributed by atoms with Crippen molar-refractivity contribution in [3.05, 3.63) is 85.1 Å². The van der Waals surface area contributed by atoms with Crippen LogP contribution in [0.15, 0.2) is 85.1 Å². The number of hydrogen-bond acceptors (Lipinski definition) is 14. The van der Waals surface area contributed by atoms with Crippen molar-refractivity contribution in [3.8, 4) is 0 Å². The zero-order valence-electron chi connectivity index (χ0n) is 44.1. The average molecular weight is 1020 g/mol. The second-order valence-corrected chi connectivity index (χ2v) is 19.0. The lowest BCUT2D eigenvalue weighted by Gasteiger charge is -2.42. The minimum atomic E-state index is -1.72. The van der Waals surface area contributed by atoms with Crippen molar-refractivity contribution in [2.24, 2.45) is 0 Å². The molecule has 414 valence electrons. The molecule has 7 N–H and O–H groups in total. The Morgan fingerprint density at radius 1 is 0.472 bits per heavy atom. The summed E-state index contributed by atoms with van der Waals surface area (Å²) in [5.41, 5.74) is 0. The lowest BCUT2D eigenvalue weighted by atomic mass is 9.98. The summed E-state index contributed by atoms with van der Waals surface area (Å²) in [4.78, 5) is 13.0. The molecule has 2 aliphatic rings. The summed E-state index contributed by atoms with van der Waals surface area (Å²) in [5.74, 6) is -0.396. The Labute approximate surface area is 433 Å². The number of unbranched alkanes of at least 4 members (excludes halogenated alkanes) is 15. The van der Waals surface area contributed by atoms with Gasteiger partial charge in [0.05, 0.1) is 26.4 Å². The van der Waals surface area contributed by atoms with Crippen LogP contribution in [0.1, 0.15) is 174 Å². The van der Waals surface area contributed by atoms with Gasteiger partial charge in [-0.1, -0.05) is 163 Å². The Morgan fingerprint density at radius 2 is 0.903 bits per heavy atom. The van der Waals surface area contributed by atoms with E-state index in [1.54, 1.807) is 0 Å². The van der Waals surface area contributed by atoms with E-state index in [2.05, 4.69) is 98.9 Å². The van der Waals surface area contributed by atoms with Gasteiger partial charge in [-0.2, -0.15) is 0 Å². The van der Waals surface area contributed by atoms with Crippen molar-refractivity contribution >= 4 is 5.97 Å². The molecule has 2 heterocycles. The molecule has 0 aromatic carbocycles. The molecule has 0 aliphatic carbocycles. The van der Waals surface area contributed by atoms with Gasteiger partial charge in [0, 0.05) is 13.0 Å². The fraction of sp³-hybridized carbons (Fsp3) is 0.741. The number of ether oxygens (including phenoxy) is 6. The van der Waals surface area contributed by atoms with E-state index in [0.29, 0.717) is 13.0 Å². The van der Waals surface area contributed by atoms with Crippen molar-refractivity contribution in [3.63, 3.8) is 0 Å². The molecule has 0 saturated carbocycles. The Balaban J connectivity index is 1.74. The molecule has 2 saturated heterocycles. The first kappa shape index (κ1) is 65.3. The molecule has 0 spiro atoms. The number of carbonyl (C=O) groups is 1. The smallest absolute Gasteiger partial charge is 0.306 e. The van der Waals surface area contributed by atoms with E-state index in [1.807, 2.05) is 0 Å². The molecule has 0 bridgehead atoms. The van der Waals surface area contributed by atoms with Gasteiger partial charge in [-0.25, -0.2) is 0 Å². The first-order chi connectivity index (χ1) is 35.1. The Hall–Kier alpha value is -2.83. The number of rotatable bonds is 43. The van der Waals surface area contributed by atoms with E-state index in [4.69, 9.17) is 28.4 Å². The summed E-state index contributed by atoms with van der Waals surface area (Å²) < 4.78 is 34.3. The number of aliphatic hydroxyl groups excluding tert-OH is 7. The van der Waals surface area contributed by atoms with Gasteiger partial charge in [0.1, 0.15) is 54.9 Å². The van der Waals surface area contributed by atoms with Crippen LogP contribution in [0.5, 0.6) is 0 Å². The minimum absolute atomic E-state index is 0.0400. The molecule has 72 heavy (non-hydrogen) atoms. The maximum absolute atomic E-state index is 13.0. The highest BCUT2D eigenvalue weighted by atomic mass is 16.7. The van der Waals surface area contributed by atoms with Crippen LogP contribution >= 0.6 is 0 Å². The molecule has 0 amide bonds. The highest BCUT2D eigenvalue weighted by molar-refractivity contribution is 5.69. The highest BCUT2D eigenvalue weighted by Crippen LogP contribution is 2.26. The molecular weight excluding hydrogens is 921 g/mol. The van der Waals surface area contributed by atoms with Crippen LogP contribution in [-0.4, -0.2) is 142 Å². The lowest BCUT2D eigenvalue weighted by Crippen LogP contribution is -2.61. The van der Waals surface area contributed by atoms with E-state index in [9.17, 15) is 40.5 Å². The largest absolute Gasteiger partial charge is 0.457 e. The molecule has 2 fully saturated rings. The predicted molar refractivity (Wildman–Crippen MR) is 284 cm³/mol. The van der Waals surface area contributed by atoms with Gasteiger partial charge in [-0.05, 0) is 89.9 Å². The number of hydrogen-bond donors (Lipinski definition) is 7. The van der Waals surface area contributed by atoms with Gasteiger partial charge in [-0.15, -0.1) is 0 Å². The molecule has 0 radical (unpaired) electrons. The molecule has 0 aromatic heterocycles. The van der Waals surface area contributed by atoms with Crippen LogP contribution < -0.4 is 0 Å². The highest BCUT2D eigenvalue weighted by Gasteiger charge is 2.47. The normalized spacial score (nSPS) is 25.8. The summed E-state index contributed by atoms with van der Waals surface area (Å²) >= 11 is 0. The van der Waals surface area contributed by atoms with E-state index in [1.165, 1.54) is 32.1 Å². The maximum atomic E-state index is 13.0. The Bertz CT molecular complexity index is 1510. The topological polar surface area (TPSA) is 214 Å². The predicted octanol–water partition coefficient (Wildman–Crippen LogP) is 9.24. The van der Waals surface area contributed by atoms with Crippen LogP contribution in [0.4, 0.5) is 0 Å². The van der Waals surface area contributed by atoms with E-state index in [0.717, 1.165) is 116 Å². The SMILES string of the molecule is CC/C=C\C/C=C\C/C=C\C/C=C\C/C=C\C/C=C\CCCCCCCOCC(COC1OC(COC2OC(CO)C(O)C(O)C2O)C(O)C(O)C1O)OC(=O)CCCCCCC/C=C\CCCCCCC. The Kier molecular flexibility index (Phi) is 40.3. The van der Waals surface area contributed by atoms with Gasteiger partial charge in [0.15, 0.2) is 12.6 Å². The van der Waals surface area contributed by atoms with E-state index in [-0.39, 0.29) is 19.6 Å². The summed E-state index contributed by atoms with van der Waals surface area (Å²) in [6, 6.07) is 0. The van der Waals surface area contributed by atoms with E-state index >= 15 is 0 Å². The van der Waals surface area contributed by atoms with Crippen LogP contribution in [-0.2, 0) is 33.2 Å². The van der Waals surface area contributed by atoms with Crippen LogP contribution in [0.25, 0.3) is 0 Å². The maximum Gasteiger partial charge on any atom is 0.306 e. The third kappa shape index (κ3) is 31.1. The average Bonchev–Trinajstić information content (AvgIpc) is 3.38. The quantitative estimate of drug-likeness (QED) is 0.0172. The summed E-state index contributed by atoms with van der Waals surface area (Å²) in [6.45, 7) is 3.49. The van der Waals surface area contributed by atoms with Crippen LogP contribution in [0.2, 0.25) is 0 Å². The van der Waals surface area contributed by atoms with E-state index < -0.39 is 86.7 Å². The first-order valence-corrected chi connectivity index (χ1v) is 27.7. The zero-order chi connectivity index (χ0) is 52.3. The van der Waals surface area contributed by atoms with Crippen LogP contribution in [0, 0.1) is 0 Å². The van der Waals surface area contributed by atoms with Crippen molar-refractivity contribution in [2.45, 2.75) is 242 Å². The molecule has 0 aromatic rings. The minimum Gasteiger partial charge on any atom is -0.457 e. The molecule has 2 aliphatic heterocycles. The van der Waals surface area contributed by atoms with Crippen LogP contribution in [0.3, 0.4) is 0 Å². The number of aliphatic hydroxyl groups is 7. The van der Waals surface area contributed by atoms with Crippen molar-refractivity contribution in [2.75, 3.05) is 33.0 Å². The molecular formula is C58H98O14. The zero-order valence-corrected chi connectivity index (χ0v) is 44.1. The summed E-state index contributed by atoms with van der Waals surface area (Å²) in [7, 11) is 0. The molecule has 14 heteroatoms. The fourth-order valence-electron chi connectivity index (χ4n) is 8.16. The molecule has 11 atom stereocenters. The summed E-state index contributed by atoms with van der Waals surface area (Å²) in [5, 5.41) is 72.2. The molecule has 14 nitrogen and oxygen atoms in total. The number of allylic oxidation sites excluding steroid dienone is 14. The van der Waals surface area contributed by atoms with Gasteiger partial charge >= 0.3 is 5.97 Å². The second kappa shape index (κ2) is 44.5. The standard InChI is InChI=1S/C58H98O14/c1-3-5-7-9-11-13-15-17-19-20-21-22-23-24-25-26-27-28-30-32-34-36-38-40-42-67-44-47(70-50(60)41-39-37-35-33-31-29-18-16-14-12-10-8-6-4-2)45-68-57-56(66)54(64)52(62)49(72-57)46-69-58-55(65)53(63)51(61)48(43-59)71-58/h5,7,11,13,16-19,21-22,24-25,27-28,47-49,51-59,61-66H,3-4,6,8-10,12,14-15,20,23,26,29-46H2,1-2H3/b7-5-,13-11-,18-16-,19-17-,22-21-,25-24-,28-27-.